The molecular weight excluding hydrogens is 1040 g/mol. The summed E-state index contributed by atoms with van der Waals surface area (Å²) in [5.41, 5.74) is 0. The van der Waals surface area contributed by atoms with E-state index in [1.807, 2.05) is 0 Å². The Morgan fingerprint density at radius 3 is 0.910 bits per heavy atom. The number of hydrogen-bond acceptors (Lipinski definition) is 15. The lowest BCUT2D eigenvalue weighted by molar-refractivity contribution is -0.161. The van der Waals surface area contributed by atoms with Crippen LogP contribution < -0.4 is 0 Å². The van der Waals surface area contributed by atoms with E-state index in [9.17, 15) is 43.2 Å². The predicted molar refractivity (Wildman–Crippen MR) is 307 cm³/mol. The third-order valence-electron chi connectivity index (χ3n) is 14.0. The number of hydrogen-bond donors (Lipinski definition) is 3. The number of rotatable bonds is 56. The zero-order chi connectivity index (χ0) is 58.3. The maximum Gasteiger partial charge on any atom is 0.472 e. The summed E-state index contributed by atoms with van der Waals surface area (Å²) in [6.45, 7) is 13.8. The Hall–Kier alpha value is -1.94. The van der Waals surface area contributed by atoms with Crippen molar-refractivity contribution in [3.63, 3.8) is 0 Å². The molecule has 0 aromatic carbocycles. The SMILES string of the molecule is CCC(C)CCCCCCCCC(=O)OC[C@H](COP(=O)(O)OCC(O)COP(=O)(O)OC[C@@H](COC(=O)CCCCCCCCC(C)CC)OC(=O)CCCCCCCCC(C)C)OC(=O)CCCCCCCCC(C)C. The number of esters is 4. The van der Waals surface area contributed by atoms with Crippen molar-refractivity contribution in [2.24, 2.45) is 23.7 Å². The van der Waals surface area contributed by atoms with Crippen molar-refractivity contribution in [3.05, 3.63) is 0 Å². The first-order valence-corrected chi connectivity index (χ1v) is 33.8. The number of ether oxygens (including phenoxy) is 4. The molecule has 0 fully saturated rings. The van der Waals surface area contributed by atoms with Gasteiger partial charge in [0.15, 0.2) is 12.2 Å². The van der Waals surface area contributed by atoms with Crippen LogP contribution in [-0.4, -0.2) is 96.7 Å². The van der Waals surface area contributed by atoms with E-state index in [0.29, 0.717) is 37.5 Å². The molecule has 78 heavy (non-hydrogen) atoms. The molecule has 4 unspecified atom stereocenters. The van der Waals surface area contributed by atoms with E-state index in [-0.39, 0.29) is 25.7 Å². The van der Waals surface area contributed by atoms with Gasteiger partial charge in [-0.2, -0.15) is 0 Å². The van der Waals surface area contributed by atoms with Crippen molar-refractivity contribution in [2.45, 2.75) is 292 Å². The second-order valence-corrected chi connectivity index (χ2v) is 25.7. The molecule has 0 aliphatic heterocycles. The minimum absolute atomic E-state index is 0.100. The second-order valence-electron chi connectivity index (χ2n) is 22.8. The fourth-order valence-corrected chi connectivity index (χ4v) is 10.1. The highest BCUT2D eigenvalue weighted by Crippen LogP contribution is 2.45. The van der Waals surface area contributed by atoms with Gasteiger partial charge in [0.2, 0.25) is 0 Å². The number of phosphoric ester groups is 2. The zero-order valence-corrected chi connectivity index (χ0v) is 52.1. The summed E-state index contributed by atoms with van der Waals surface area (Å²) in [7, 11) is -9.88. The highest BCUT2D eigenvalue weighted by Gasteiger charge is 2.30. The van der Waals surface area contributed by atoms with Crippen molar-refractivity contribution in [1.82, 2.24) is 0 Å². The van der Waals surface area contributed by atoms with Crippen LogP contribution in [0.5, 0.6) is 0 Å². The van der Waals surface area contributed by atoms with Gasteiger partial charge in [-0.05, 0) is 49.4 Å². The summed E-state index contributed by atoms with van der Waals surface area (Å²) >= 11 is 0. The van der Waals surface area contributed by atoms with Crippen molar-refractivity contribution in [1.29, 1.82) is 0 Å². The molecule has 0 aromatic heterocycles. The second kappa shape index (κ2) is 49.7. The van der Waals surface area contributed by atoms with Crippen LogP contribution >= 0.6 is 15.6 Å². The van der Waals surface area contributed by atoms with Gasteiger partial charge in [0.25, 0.3) is 0 Å². The molecule has 17 nitrogen and oxygen atoms in total. The normalized spacial score (nSPS) is 15.3. The van der Waals surface area contributed by atoms with E-state index in [0.717, 1.165) is 115 Å². The van der Waals surface area contributed by atoms with Gasteiger partial charge in [-0.25, -0.2) is 9.13 Å². The van der Waals surface area contributed by atoms with Gasteiger partial charge >= 0.3 is 39.5 Å². The minimum Gasteiger partial charge on any atom is -0.462 e. The smallest absolute Gasteiger partial charge is 0.462 e. The first-order chi connectivity index (χ1) is 37.2. The van der Waals surface area contributed by atoms with Gasteiger partial charge in [0, 0.05) is 25.7 Å². The van der Waals surface area contributed by atoms with Crippen molar-refractivity contribution in [2.75, 3.05) is 39.6 Å². The van der Waals surface area contributed by atoms with Crippen LogP contribution in [0.3, 0.4) is 0 Å². The van der Waals surface area contributed by atoms with Crippen LogP contribution in [0.25, 0.3) is 0 Å². The van der Waals surface area contributed by atoms with E-state index in [1.54, 1.807) is 0 Å². The Bertz CT molecular complexity index is 1470. The first-order valence-electron chi connectivity index (χ1n) is 30.8. The lowest BCUT2D eigenvalue weighted by Gasteiger charge is -2.21. The summed E-state index contributed by atoms with van der Waals surface area (Å²) in [6.07, 6.45) is 27.0. The molecule has 0 aromatic rings. The Morgan fingerprint density at radius 1 is 0.359 bits per heavy atom. The van der Waals surface area contributed by atoms with E-state index in [1.165, 1.54) is 64.2 Å². The third kappa shape index (κ3) is 51.0. The molecule has 0 heterocycles. The molecule has 0 radical (unpaired) electrons. The van der Waals surface area contributed by atoms with Crippen LogP contribution in [0.1, 0.15) is 274 Å². The summed E-state index contributed by atoms with van der Waals surface area (Å²) in [4.78, 5) is 71.9. The van der Waals surface area contributed by atoms with Crippen LogP contribution in [0.2, 0.25) is 0 Å². The highest BCUT2D eigenvalue weighted by atomic mass is 31.2. The molecule has 0 bridgehead atoms. The molecule has 0 saturated heterocycles. The summed E-state index contributed by atoms with van der Waals surface area (Å²) in [6, 6.07) is 0. The first kappa shape index (κ1) is 76.1. The standard InChI is InChI=1S/C59H114O17P2/c1-9-51(7)37-29-21-13-17-23-31-39-56(61)69-45-54(75-58(63)41-33-25-15-11-19-27-35-49(3)4)47-73-77(65,66)71-43-53(60)44-72-78(67,68)74-48-55(76-59(64)42-34-26-16-12-20-28-36-50(5)6)46-70-57(62)40-32-24-18-14-22-30-38-52(8)10-2/h49-55,60H,9-48H2,1-8H3,(H,65,66)(H,67,68)/t51?,52?,53?,54-,55-/m1/s1. The minimum atomic E-state index is -4.94. The molecule has 0 aliphatic carbocycles. The number of carbonyl (C=O) groups is 4. The molecule has 0 aliphatic rings. The Kier molecular flexibility index (Phi) is 48.4. The number of aliphatic hydroxyl groups excluding tert-OH is 1. The number of phosphoric acid groups is 2. The Balaban J connectivity index is 5.25. The van der Waals surface area contributed by atoms with Gasteiger partial charge < -0.3 is 33.8 Å². The van der Waals surface area contributed by atoms with E-state index >= 15 is 0 Å². The fraction of sp³-hybridized carbons (Fsp3) is 0.932. The van der Waals surface area contributed by atoms with Gasteiger partial charge in [-0.3, -0.25) is 37.3 Å². The van der Waals surface area contributed by atoms with E-state index in [2.05, 4.69) is 55.4 Å². The van der Waals surface area contributed by atoms with Gasteiger partial charge in [0.05, 0.1) is 26.4 Å². The lowest BCUT2D eigenvalue weighted by Crippen LogP contribution is -2.30. The monoisotopic (exact) mass is 1160 g/mol. The Morgan fingerprint density at radius 2 is 0.615 bits per heavy atom. The molecule has 0 saturated carbocycles. The zero-order valence-electron chi connectivity index (χ0n) is 50.3. The maximum absolute atomic E-state index is 12.9. The van der Waals surface area contributed by atoms with Gasteiger partial charge in [-0.1, -0.05) is 222 Å². The number of carbonyl (C=O) groups excluding carboxylic acids is 4. The van der Waals surface area contributed by atoms with Crippen molar-refractivity contribution < 1.29 is 80.2 Å². The molecule has 6 atom stereocenters. The van der Waals surface area contributed by atoms with Crippen LogP contribution in [0, 0.1) is 23.7 Å². The third-order valence-corrected chi connectivity index (χ3v) is 15.9. The van der Waals surface area contributed by atoms with Crippen molar-refractivity contribution in [3.8, 4) is 0 Å². The number of unbranched alkanes of at least 4 members (excludes halogenated alkanes) is 20. The Labute approximate surface area is 473 Å². The van der Waals surface area contributed by atoms with Crippen LogP contribution in [0.4, 0.5) is 0 Å². The molecule has 0 amide bonds. The maximum atomic E-state index is 12.9. The van der Waals surface area contributed by atoms with Gasteiger partial charge in [0.1, 0.15) is 19.3 Å². The van der Waals surface area contributed by atoms with E-state index in [4.69, 9.17) is 37.0 Å². The molecule has 3 N–H and O–H groups in total. The molecule has 462 valence electrons. The topological polar surface area (TPSA) is 237 Å². The van der Waals surface area contributed by atoms with E-state index < -0.39 is 97.5 Å². The quantitative estimate of drug-likeness (QED) is 0.0222. The van der Waals surface area contributed by atoms with Crippen LogP contribution in [0.15, 0.2) is 0 Å². The predicted octanol–water partition coefficient (Wildman–Crippen LogP) is 15.4. The largest absolute Gasteiger partial charge is 0.472 e. The van der Waals surface area contributed by atoms with Crippen LogP contribution in [-0.2, 0) is 65.4 Å². The van der Waals surface area contributed by atoms with Crippen molar-refractivity contribution >= 4 is 39.5 Å². The molecule has 0 rings (SSSR count). The summed E-state index contributed by atoms with van der Waals surface area (Å²) < 4.78 is 67.7. The summed E-state index contributed by atoms with van der Waals surface area (Å²) in [5, 5.41) is 10.5. The van der Waals surface area contributed by atoms with Gasteiger partial charge in [-0.15, -0.1) is 0 Å². The highest BCUT2D eigenvalue weighted by molar-refractivity contribution is 7.47. The number of aliphatic hydroxyl groups is 1. The fourth-order valence-electron chi connectivity index (χ4n) is 8.48. The summed E-state index contributed by atoms with van der Waals surface area (Å²) in [5.74, 6) is 0.645. The average molecular weight is 1160 g/mol. The molecule has 19 heteroatoms. The average Bonchev–Trinajstić information content (AvgIpc) is 3.39. The molecule has 0 spiro atoms. The molecular formula is C59H114O17P2. The lowest BCUT2D eigenvalue weighted by atomic mass is 10.00.